The quantitative estimate of drug-likeness (QED) is 0.419. The van der Waals surface area contributed by atoms with E-state index in [1.165, 1.54) is 32.1 Å². The van der Waals surface area contributed by atoms with Crippen molar-refractivity contribution in [2.24, 2.45) is 5.92 Å². The van der Waals surface area contributed by atoms with Crippen molar-refractivity contribution in [1.29, 1.82) is 0 Å². The van der Waals surface area contributed by atoms with Crippen LogP contribution in [0.5, 0.6) is 5.75 Å². The van der Waals surface area contributed by atoms with Gasteiger partial charge in [-0.3, -0.25) is 9.89 Å². The molecule has 3 heterocycles. The van der Waals surface area contributed by atoms with Crippen LogP contribution in [-0.4, -0.2) is 48.5 Å². The first-order chi connectivity index (χ1) is 16.0. The highest BCUT2D eigenvalue weighted by Gasteiger charge is 2.18. The van der Waals surface area contributed by atoms with Crippen molar-refractivity contribution < 1.29 is 14.6 Å². The van der Waals surface area contributed by atoms with Gasteiger partial charge in [-0.25, -0.2) is 9.50 Å². The predicted octanol–water partition coefficient (Wildman–Crippen LogP) is 4.20. The van der Waals surface area contributed by atoms with Gasteiger partial charge in [-0.15, -0.1) is 0 Å². The summed E-state index contributed by atoms with van der Waals surface area (Å²) in [5, 5.41) is 23.4. The van der Waals surface area contributed by atoms with Crippen LogP contribution < -0.4 is 10.1 Å². The normalized spacial score (nSPS) is 14.3. The standard InChI is InChI=1S/C17H16N6O2.C7H14O/c1-10(2)25-15-7-13-11(8-19-22-13)6-12(15)17(24)21-14-9-20-23-5-3-4-18-16(14)23;8-6-7-4-2-1-3-5-7/h3-10H,1-2H3,(H,19,22)(H,21,24);7-8H,1-6H2. The summed E-state index contributed by atoms with van der Waals surface area (Å²) < 4.78 is 7.40. The number of nitrogens with zero attached hydrogens (tertiary/aromatic N) is 4. The average Bonchev–Trinajstić information content (AvgIpc) is 3.46. The molecule has 0 spiro atoms. The van der Waals surface area contributed by atoms with Gasteiger partial charge in [-0.1, -0.05) is 19.3 Å². The topological polar surface area (TPSA) is 117 Å². The first kappa shape index (κ1) is 22.7. The second-order valence-electron chi connectivity index (χ2n) is 8.56. The van der Waals surface area contributed by atoms with Crippen LogP contribution in [0.2, 0.25) is 0 Å². The van der Waals surface area contributed by atoms with Gasteiger partial charge in [0, 0.05) is 30.5 Å². The van der Waals surface area contributed by atoms with E-state index in [2.05, 4.69) is 25.6 Å². The van der Waals surface area contributed by atoms with Crippen molar-refractivity contribution in [3.8, 4) is 5.75 Å². The molecule has 1 aliphatic rings. The van der Waals surface area contributed by atoms with Crippen LogP contribution in [0.25, 0.3) is 16.6 Å². The molecule has 0 saturated heterocycles. The number of rotatable bonds is 5. The molecule has 4 aromatic rings. The minimum Gasteiger partial charge on any atom is -0.490 e. The number of hydrogen-bond acceptors (Lipinski definition) is 6. The summed E-state index contributed by atoms with van der Waals surface area (Å²) in [4.78, 5) is 17.1. The largest absolute Gasteiger partial charge is 0.490 e. The Bertz CT molecular complexity index is 1210. The fourth-order valence-electron chi connectivity index (χ4n) is 3.98. The molecule has 3 N–H and O–H groups in total. The van der Waals surface area contributed by atoms with Crippen LogP contribution in [0.4, 0.5) is 5.69 Å². The maximum absolute atomic E-state index is 12.8. The average molecular weight is 451 g/mol. The maximum atomic E-state index is 12.8. The number of hydrogen-bond donors (Lipinski definition) is 3. The zero-order valence-electron chi connectivity index (χ0n) is 19.0. The van der Waals surface area contributed by atoms with Gasteiger partial charge in [-0.2, -0.15) is 10.2 Å². The molecule has 1 saturated carbocycles. The van der Waals surface area contributed by atoms with Gasteiger partial charge in [0.1, 0.15) is 11.4 Å². The van der Waals surface area contributed by atoms with Gasteiger partial charge in [0.15, 0.2) is 5.65 Å². The lowest BCUT2D eigenvalue weighted by Gasteiger charge is -2.18. The number of nitrogens with one attached hydrogen (secondary N) is 2. The van der Waals surface area contributed by atoms with Crippen molar-refractivity contribution in [3.63, 3.8) is 0 Å². The Balaban J connectivity index is 0.000000275. The summed E-state index contributed by atoms with van der Waals surface area (Å²) in [6.07, 6.45) is 13.2. The molecule has 3 aromatic heterocycles. The van der Waals surface area contributed by atoms with E-state index in [0.29, 0.717) is 35.2 Å². The lowest BCUT2D eigenvalue weighted by molar-refractivity contribution is 0.102. The molecule has 5 rings (SSSR count). The number of aromatic nitrogens is 5. The molecule has 1 amide bonds. The minimum atomic E-state index is -0.292. The van der Waals surface area contributed by atoms with Crippen molar-refractivity contribution in [3.05, 3.63) is 48.5 Å². The Morgan fingerprint density at radius 3 is 2.82 bits per heavy atom. The van der Waals surface area contributed by atoms with Gasteiger partial charge in [0.25, 0.3) is 5.91 Å². The molecule has 9 nitrogen and oxygen atoms in total. The summed E-state index contributed by atoms with van der Waals surface area (Å²) >= 11 is 0. The molecule has 0 radical (unpaired) electrons. The second-order valence-corrected chi connectivity index (χ2v) is 8.56. The molecule has 0 atom stereocenters. The van der Waals surface area contributed by atoms with Gasteiger partial charge < -0.3 is 15.2 Å². The van der Waals surface area contributed by atoms with E-state index in [1.807, 2.05) is 13.8 Å². The van der Waals surface area contributed by atoms with Crippen molar-refractivity contribution in [1.82, 2.24) is 24.8 Å². The highest BCUT2D eigenvalue weighted by molar-refractivity contribution is 6.09. The number of H-pyrrole nitrogens is 1. The summed E-state index contributed by atoms with van der Waals surface area (Å²) in [6.45, 7) is 4.24. The van der Waals surface area contributed by atoms with E-state index in [9.17, 15) is 4.79 Å². The SMILES string of the molecule is CC(C)Oc1cc2[nH]ncc2cc1C(=O)Nc1cnn2cccnc12.OCC1CCCCC1. The molecule has 0 unspecified atom stereocenters. The van der Waals surface area contributed by atoms with Gasteiger partial charge in [0.05, 0.1) is 29.6 Å². The lowest BCUT2D eigenvalue weighted by atomic mass is 9.90. The second kappa shape index (κ2) is 10.4. The molecule has 174 valence electrons. The summed E-state index contributed by atoms with van der Waals surface area (Å²) in [5.41, 5.74) is 2.35. The summed E-state index contributed by atoms with van der Waals surface area (Å²) in [5.74, 6) is 0.844. The molecule has 0 aliphatic heterocycles. The molecular weight excluding hydrogens is 420 g/mol. The Morgan fingerprint density at radius 1 is 1.27 bits per heavy atom. The third-order valence-corrected chi connectivity index (χ3v) is 5.66. The van der Waals surface area contributed by atoms with Crippen LogP contribution in [-0.2, 0) is 0 Å². The van der Waals surface area contributed by atoms with Crippen LogP contribution in [0.15, 0.2) is 43.0 Å². The highest BCUT2D eigenvalue weighted by Crippen LogP contribution is 2.27. The van der Waals surface area contributed by atoms with E-state index >= 15 is 0 Å². The number of carbonyl (C=O) groups is 1. The van der Waals surface area contributed by atoms with Gasteiger partial charge in [0.2, 0.25) is 0 Å². The third kappa shape index (κ3) is 5.48. The van der Waals surface area contributed by atoms with E-state index in [0.717, 1.165) is 10.9 Å². The van der Waals surface area contributed by atoms with E-state index < -0.39 is 0 Å². The molecule has 1 aliphatic carbocycles. The number of aliphatic hydroxyl groups is 1. The maximum Gasteiger partial charge on any atom is 0.259 e. The van der Waals surface area contributed by atoms with E-state index in [1.54, 1.807) is 47.5 Å². The third-order valence-electron chi connectivity index (χ3n) is 5.66. The molecule has 1 fully saturated rings. The molecule has 1 aromatic carbocycles. The first-order valence-corrected chi connectivity index (χ1v) is 11.4. The van der Waals surface area contributed by atoms with E-state index in [4.69, 9.17) is 9.84 Å². The number of aliphatic hydroxyl groups excluding tert-OH is 1. The van der Waals surface area contributed by atoms with Gasteiger partial charge in [-0.05, 0) is 44.7 Å². The number of amides is 1. The van der Waals surface area contributed by atoms with Crippen molar-refractivity contribution >= 4 is 28.1 Å². The smallest absolute Gasteiger partial charge is 0.259 e. The zero-order chi connectivity index (χ0) is 23.2. The Hall–Kier alpha value is -3.46. The van der Waals surface area contributed by atoms with Gasteiger partial charge >= 0.3 is 0 Å². The Kier molecular flexibility index (Phi) is 7.19. The number of carbonyl (C=O) groups excluding carboxylic acids is 1. The predicted molar refractivity (Wildman–Crippen MR) is 126 cm³/mol. The Labute approximate surface area is 192 Å². The van der Waals surface area contributed by atoms with E-state index in [-0.39, 0.29) is 12.0 Å². The highest BCUT2D eigenvalue weighted by atomic mass is 16.5. The zero-order valence-corrected chi connectivity index (χ0v) is 19.0. The monoisotopic (exact) mass is 450 g/mol. The molecule has 33 heavy (non-hydrogen) atoms. The fraction of sp³-hybridized carbons (Fsp3) is 0.417. The number of anilines is 1. The molecular formula is C24H30N6O3. The Morgan fingerprint density at radius 2 is 2.09 bits per heavy atom. The summed E-state index contributed by atoms with van der Waals surface area (Å²) in [6, 6.07) is 5.31. The fourth-order valence-corrected chi connectivity index (χ4v) is 3.98. The number of fused-ring (bicyclic) bond motifs is 2. The number of benzene rings is 1. The number of ether oxygens (including phenoxy) is 1. The lowest BCUT2D eigenvalue weighted by Crippen LogP contribution is -2.16. The van der Waals surface area contributed by atoms with Crippen LogP contribution in [0.1, 0.15) is 56.3 Å². The summed E-state index contributed by atoms with van der Waals surface area (Å²) in [7, 11) is 0. The van der Waals surface area contributed by atoms with Crippen molar-refractivity contribution in [2.75, 3.05) is 11.9 Å². The first-order valence-electron chi connectivity index (χ1n) is 11.4. The van der Waals surface area contributed by atoms with Crippen LogP contribution >= 0.6 is 0 Å². The van der Waals surface area contributed by atoms with Crippen LogP contribution in [0.3, 0.4) is 0 Å². The molecule has 9 heteroatoms. The minimum absolute atomic E-state index is 0.0643. The van der Waals surface area contributed by atoms with Crippen LogP contribution in [0, 0.1) is 5.92 Å². The number of aromatic amines is 1. The molecule has 0 bridgehead atoms. The van der Waals surface area contributed by atoms with Crippen molar-refractivity contribution in [2.45, 2.75) is 52.1 Å².